The Hall–Kier alpha value is -0.490. The summed E-state index contributed by atoms with van der Waals surface area (Å²) in [4.78, 5) is 10.4. The number of carbonyl (C=O) groups is 1. The Morgan fingerprint density at radius 2 is 1.92 bits per heavy atom. The van der Waals surface area contributed by atoms with Crippen molar-refractivity contribution in [3.63, 3.8) is 0 Å². The molecule has 5 heteroatoms. The Labute approximate surface area is 77.0 Å². The fourth-order valence-electron chi connectivity index (χ4n) is 1.09. The molecule has 0 aliphatic carbocycles. The Morgan fingerprint density at radius 3 is 2.15 bits per heavy atom. The molecule has 0 aromatic carbocycles. The summed E-state index contributed by atoms with van der Waals surface area (Å²) in [7, 11) is 1.24. The van der Waals surface area contributed by atoms with Gasteiger partial charge in [0.05, 0.1) is 6.10 Å². The second kappa shape index (κ2) is 4.66. The topological polar surface area (TPSA) is 87.0 Å². The van der Waals surface area contributed by atoms with Gasteiger partial charge in [0.25, 0.3) is 0 Å². The third kappa shape index (κ3) is 2.73. The van der Waals surface area contributed by atoms with Gasteiger partial charge in [-0.25, -0.2) is 0 Å². The van der Waals surface area contributed by atoms with Crippen molar-refractivity contribution in [2.24, 2.45) is 0 Å². The molecule has 13 heavy (non-hydrogen) atoms. The van der Waals surface area contributed by atoms with Gasteiger partial charge in [-0.05, 0) is 13.8 Å². The monoisotopic (exact) mass is 192 g/mol. The molecule has 0 aromatic rings. The number of hydrogen-bond acceptors (Lipinski definition) is 5. The van der Waals surface area contributed by atoms with Gasteiger partial charge in [0.2, 0.25) is 0 Å². The molecule has 0 saturated carbocycles. The first-order chi connectivity index (χ1) is 5.87. The van der Waals surface area contributed by atoms with E-state index in [1.807, 2.05) is 0 Å². The third-order valence-electron chi connectivity index (χ3n) is 2.01. The number of carbonyl (C=O) groups excluding carboxylic acids is 1. The molecule has 0 spiro atoms. The molecule has 0 saturated heterocycles. The van der Waals surface area contributed by atoms with Crippen LogP contribution in [0.3, 0.4) is 0 Å². The minimum absolute atomic E-state index is 0.381. The number of aliphatic hydroxyl groups is 3. The molecule has 0 radical (unpaired) electrons. The summed E-state index contributed by atoms with van der Waals surface area (Å²) in [6.45, 7) is 2.55. The lowest BCUT2D eigenvalue weighted by Gasteiger charge is -2.34. The van der Waals surface area contributed by atoms with Crippen LogP contribution in [-0.4, -0.2) is 52.6 Å². The average Bonchev–Trinajstić information content (AvgIpc) is 2.04. The van der Waals surface area contributed by atoms with Crippen molar-refractivity contribution in [2.75, 3.05) is 7.11 Å². The van der Waals surface area contributed by atoms with E-state index >= 15 is 0 Å². The average molecular weight is 192 g/mol. The molecule has 0 heterocycles. The number of aldehydes is 1. The van der Waals surface area contributed by atoms with Crippen LogP contribution in [0.5, 0.6) is 0 Å². The largest absolute Gasteiger partial charge is 0.391 e. The molecule has 0 bridgehead atoms. The summed E-state index contributed by atoms with van der Waals surface area (Å²) in [6.07, 6.45) is -3.33. The number of rotatable bonds is 5. The van der Waals surface area contributed by atoms with E-state index in [1.165, 1.54) is 21.0 Å². The molecule has 0 rings (SSSR count). The van der Waals surface area contributed by atoms with Crippen molar-refractivity contribution in [1.29, 1.82) is 0 Å². The lowest BCUT2D eigenvalue weighted by molar-refractivity contribution is -0.172. The van der Waals surface area contributed by atoms with Gasteiger partial charge in [0.1, 0.15) is 17.8 Å². The van der Waals surface area contributed by atoms with Crippen molar-refractivity contribution in [2.45, 2.75) is 37.8 Å². The minimum atomic E-state index is -1.79. The maximum Gasteiger partial charge on any atom is 0.151 e. The van der Waals surface area contributed by atoms with Crippen molar-refractivity contribution < 1.29 is 24.9 Å². The smallest absolute Gasteiger partial charge is 0.151 e. The van der Waals surface area contributed by atoms with Gasteiger partial charge in [-0.1, -0.05) is 0 Å². The van der Waals surface area contributed by atoms with Crippen LogP contribution in [0.2, 0.25) is 0 Å². The Morgan fingerprint density at radius 1 is 1.46 bits per heavy atom. The predicted octanol–water partition coefficient (Wildman–Crippen LogP) is -1.31. The number of hydrogen-bond donors (Lipinski definition) is 3. The predicted molar refractivity (Wildman–Crippen MR) is 45.2 cm³/mol. The van der Waals surface area contributed by atoms with E-state index < -0.39 is 23.9 Å². The fourth-order valence-corrected chi connectivity index (χ4v) is 1.09. The van der Waals surface area contributed by atoms with E-state index in [4.69, 9.17) is 5.11 Å². The van der Waals surface area contributed by atoms with Gasteiger partial charge in [0, 0.05) is 7.11 Å². The van der Waals surface area contributed by atoms with E-state index in [0.29, 0.717) is 6.29 Å². The zero-order chi connectivity index (χ0) is 10.6. The number of methoxy groups -OCH3 is 1. The molecule has 0 fully saturated rings. The van der Waals surface area contributed by atoms with Crippen LogP contribution in [0.25, 0.3) is 0 Å². The number of ether oxygens (including phenoxy) is 1. The van der Waals surface area contributed by atoms with Crippen molar-refractivity contribution in [1.82, 2.24) is 0 Å². The molecular weight excluding hydrogens is 176 g/mol. The van der Waals surface area contributed by atoms with Crippen molar-refractivity contribution in [3.05, 3.63) is 0 Å². The maximum atomic E-state index is 10.4. The van der Waals surface area contributed by atoms with Crippen LogP contribution in [0.1, 0.15) is 13.8 Å². The maximum absolute atomic E-state index is 10.4. The van der Waals surface area contributed by atoms with Gasteiger partial charge < -0.3 is 24.9 Å². The normalized spacial score (nSPS) is 22.9. The van der Waals surface area contributed by atoms with Crippen LogP contribution < -0.4 is 0 Å². The van der Waals surface area contributed by atoms with Gasteiger partial charge in [-0.15, -0.1) is 0 Å². The molecule has 78 valence electrons. The zero-order valence-corrected chi connectivity index (χ0v) is 7.97. The summed E-state index contributed by atoms with van der Waals surface area (Å²) in [6, 6.07) is 0. The summed E-state index contributed by atoms with van der Waals surface area (Å²) in [5.41, 5.74) is -1.79. The molecule has 5 nitrogen and oxygen atoms in total. The first kappa shape index (κ1) is 12.5. The van der Waals surface area contributed by atoms with E-state index in [1.54, 1.807) is 0 Å². The third-order valence-corrected chi connectivity index (χ3v) is 2.01. The standard InChI is InChI=1S/C8H16O5/c1-5(10)7(11)8(2,12)6(4-9)13-3/h4-7,10-12H,1-3H3. The SMILES string of the molecule is COC(C=O)C(C)(O)C(O)C(C)O. The lowest BCUT2D eigenvalue weighted by Crippen LogP contribution is -2.55. The first-order valence-corrected chi connectivity index (χ1v) is 3.94. The highest BCUT2D eigenvalue weighted by atomic mass is 16.5. The molecule has 0 aliphatic heterocycles. The summed E-state index contributed by atoms with van der Waals surface area (Å²) < 4.78 is 4.65. The Kier molecular flexibility index (Phi) is 4.49. The fraction of sp³-hybridized carbons (Fsp3) is 0.875. The second-order valence-corrected chi connectivity index (χ2v) is 3.20. The van der Waals surface area contributed by atoms with Crippen molar-refractivity contribution >= 4 is 6.29 Å². The van der Waals surface area contributed by atoms with Crippen LogP contribution in [0, 0.1) is 0 Å². The molecule has 0 aliphatic rings. The summed E-state index contributed by atoms with van der Waals surface area (Å²) >= 11 is 0. The molecular formula is C8H16O5. The highest BCUT2D eigenvalue weighted by Gasteiger charge is 2.41. The van der Waals surface area contributed by atoms with Crippen LogP contribution in [0.4, 0.5) is 0 Å². The summed E-state index contributed by atoms with van der Waals surface area (Å²) in [5.74, 6) is 0. The molecule has 4 unspecified atom stereocenters. The Bertz CT molecular complexity index is 166. The number of aliphatic hydroxyl groups excluding tert-OH is 2. The summed E-state index contributed by atoms with van der Waals surface area (Å²) in [5, 5.41) is 28.0. The Balaban J connectivity index is 4.60. The van der Waals surface area contributed by atoms with Crippen LogP contribution in [-0.2, 0) is 9.53 Å². The van der Waals surface area contributed by atoms with Crippen LogP contribution >= 0.6 is 0 Å². The molecule has 0 aromatic heterocycles. The molecule has 3 N–H and O–H groups in total. The quantitative estimate of drug-likeness (QED) is 0.471. The highest BCUT2D eigenvalue weighted by Crippen LogP contribution is 2.18. The van der Waals surface area contributed by atoms with Gasteiger partial charge in [-0.2, -0.15) is 0 Å². The van der Waals surface area contributed by atoms with E-state index in [0.717, 1.165) is 0 Å². The van der Waals surface area contributed by atoms with Crippen molar-refractivity contribution in [3.8, 4) is 0 Å². The first-order valence-electron chi connectivity index (χ1n) is 3.94. The highest BCUT2D eigenvalue weighted by molar-refractivity contribution is 5.58. The van der Waals surface area contributed by atoms with Gasteiger partial charge in [0.15, 0.2) is 6.29 Å². The minimum Gasteiger partial charge on any atom is -0.391 e. The lowest BCUT2D eigenvalue weighted by atomic mass is 9.90. The van der Waals surface area contributed by atoms with Crippen LogP contribution in [0.15, 0.2) is 0 Å². The second-order valence-electron chi connectivity index (χ2n) is 3.20. The van der Waals surface area contributed by atoms with E-state index in [2.05, 4.69) is 4.74 Å². The molecule has 4 atom stereocenters. The van der Waals surface area contributed by atoms with E-state index in [9.17, 15) is 15.0 Å². The van der Waals surface area contributed by atoms with Gasteiger partial charge >= 0.3 is 0 Å². The van der Waals surface area contributed by atoms with E-state index in [-0.39, 0.29) is 0 Å². The van der Waals surface area contributed by atoms with Gasteiger partial charge in [-0.3, -0.25) is 0 Å². The molecule has 0 amide bonds. The zero-order valence-electron chi connectivity index (χ0n) is 7.97.